The van der Waals surface area contributed by atoms with Crippen LogP contribution in [0.2, 0.25) is 0 Å². The van der Waals surface area contributed by atoms with Crippen LogP contribution in [0.4, 0.5) is 5.82 Å². The van der Waals surface area contributed by atoms with Crippen molar-refractivity contribution < 1.29 is 4.79 Å². The molecule has 2 unspecified atom stereocenters. The SMILES string of the molecule is CC1(N)CCCCC1C(=O)N1CCC(Nc2cccnn2)CC1.Cl. The number of carbonyl (C=O) groups excluding carboxylic acids is 1. The number of hydrogen-bond donors (Lipinski definition) is 2. The monoisotopic (exact) mass is 353 g/mol. The minimum Gasteiger partial charge on any atom is -0.366 e. The molecule has 1 saturated heterocycles. The highest BCUT2D eigenvalue weighted by Gasteiger charge is 2.40. The minimum absolute atomic E-state index is 0. The maximum Gasteiger partial charge on any atom is 0.227 e. The number of carbonyl (C=O) groups is 1. The summed E-state index contributed by atoms with van der Waals surface area (Å²) in [5.41, 5.74) is 6.04. The van der Waals surface area contributed by atoms with Gasteiger partial charge in [-0.2, -0.15) is 5.10 Å². The molecular formula is C17H28ClN5O. The van der Waals surface area contributed by atoms with E-state index in [0.717, 1.165) is 57.4 Å². The van der Waals surface area contributed by atoms with Crippen LogP contribution >= 0.6 is 12.4 Å². The molecule has 134 valence electrons. The molecule has 7 heteroatoms. The lowest BCUT2D eigenvalue weighted by atomic mass is 9.74. The van der Waals surface area contributed by atoms with Crippen LogP contribution in [0.25, 0.3) is 0 Å². The van der Waals surface area contributed by atoms with Gasteiger partial charge in [0.2, 0.25) is 5.91 Å². The van der Waals surface area contributed by atoms with Crippen LogP contribution in [0.5, 0.6) is 0 Å². The van der Waals surface area contributed by atoms with Crippen LogP contribution < -0.4 is 11.1 Å². The number of rotatable bonds is 3. The smallest absolute Gasteiger partial charge is 0.227 e. The van der Waals surface area contributed by atoms with Crippen molar-refractivity contribution in [3.05, 3.63) is 18.3 Å². The average molecular weight is 354 g/mol. The van der Waals surface area contributed by atoms with Crippen LogP contribution in [-0.4, -0.2) is 45.7 Å². The number of nitrogens with one attached hydrogen (secondary N) is 1. The Labute approximate surface area is 150 Å². The minimum atomic E-state index is -0.343. The maximum absolute atomic E-state index is 12.8. The van der Waals surface area contributed by atoms with Gasteiger partial charge >= 0.3 is 0 Å². The standard InChI is InChI=1S/C17H27N5O.ClH/c1-17(18)9-3-2-5-14(17)16(23)22-11-7-13(8-12-22)20-15-6-4-10-19-21-15;/h4,6,10,13-14H,2-3,5,7-9,11-12,18H2,1H3,(H,20,21);1H. The van der Waals surface area contributed by atoms with Crippen molar-refractivity contribution in [2.24, 2.45) is 11.7 Å². The van der Waals surface area contributed by atoms with E-state index in [9.17, 15) is 4.79 Å². The number of amides is 1. The molecule has 1 aliphatic heterocycles. The van der Waals surface area contributed by atoms with Gasteiger partial charge in [0.1, 0.15) is 5.82 Å². The Kier molecular flexibility index (Phi) is 6.40. The Morgan fingerprint density at radius 2 is 2.08 bits per heavy atom. The summed E-state index contributed by atoms with van der Waals surface area (Å²) in [5.74, 6) is 1.05. The normalized spacial score (nSPS) is 28.1. The van der Waals surface area contributed by atoms with Crippen LogP contribution in [0, 0.1) is 5.92 Å². The first-order chi connectivity index (χ1) is 11.1. The molecule has 2 atom stereocenters. The van der Waals surface area contributed by atoms with E-state index in [2.05, 4.69) is 15.5 Å². The summed E-state index contributed by atoms with van der Waals surface area (Å²) in [5, 5.41) is 11.3. The predicted octanol–water partition coefficient (Wildman–Crippen LogP) is 2.21. The van der Waals surface area contributed by atoms with Crippen molar-refractivity contribution >= 4 is 24.1 Å². The van der Waals surface area contributed by atoms with Gasteiger partial charge in [-0.05, 0) is 44.7 Å². The molecule has 6 nitrogen and oxygen atoms in total. The molecule has 2 fully saturated rings. The largest absolute Gasteiger partial charge is 0.366 e. The molecule has 0 spiro atoms. The first-order valence-corrected chi connectivity index (χ1v) is 8.68. The van der Waals surface area contributed by atoms with Crippen molar-refractivity contribution in [3.8, 4) is 0 Å². The van der Waals surface area contributed by atoms with Crippen molar-refractivity contribution in [1.82, 2.24) is 15.1 Å². The number of hydrogen-bond acceptors (Lipinski definition) is 5. The second-order valence-corrected chi connectivity index (χ2v) is 7.16. The second-order valence-electron chi connectivity index (χ2n) is 7.16. The highest BCUT2D eigenvalue weighted by atomic mass is 35.5. The summed E-state index contributed by atoms with van der Waals surface area (Å²) >= 11 is 0. The molecule has 2 aliphatic rings. The second kappa shape index (κ2) is 8.12. The van der Waals surface area contributed by atoms with E-state index in [1.165, 1.54) is 0 Å². The van der Waals surface area contributed by atoms with Gasteiger partial charge in [-0.3, -0.25) is 4.79 Å². The summed E-state index contributed by atoms with van der Waals surface area (Å²) in [6.45, 7) is 3.63. The quantitative estimate of drug-likeness (QED) is 0.870. The Bertz CT molecular complexity index is 531. The van der Waals surface area contributed by atoms with Gasteiger partial charge in [0.05, 0.1) is 5.92 Å². The first-order valence-electron chi connectivity index (χ1n) is 8.68. The van der Waals surface area contributed by atoms with E-state index < -0.39 is 0 Å². The molecule has 3 N–H and O–H groups in total. The first kappa shape index (κ1) is 18.9. The van der Waals surface area contributed by atoms with Gasteiger partial charge in [-0.15, -0.1) is 17.5 Å². The highest BCUT2D eigenvalue weighted by molar-refractivity contribution is 5.85. The van der Waals surface area contributed by atoms with Crippen molar-refractivity contribution in [1.29, 1.82) is 0 Å². The van der Waals surface area contributed by atoms with E-state index in [-0.39, 0.29) is 29.8 Å². The van der Waals surface area contributed by atoms with Gasteiger partial charge in [-0.25, -0.2) is 0 Å². The van der Waals surface area contributed by atoms with Crippen LogP contribution in [0.3, 0.4) is 0 Å². The third-order valence-corrected chi connectivity index (χ3v) is 5.28. The Balaban J connectivity index is 0.00000208. The molecule has 0 aromatic carbocycles. The zero-order valence-corrected chi connectivity index (χ0v) is 15.1. The lowest BCUT2D eigenvalue weighted by molar-refractivity contribution is -0.139. The lowest BCUT2D eigenvalue weighted by Gasteiger charge is -2.41. The number of likely N-dealkylation sites (tertiary alicyclic amines) is 1. The summed E-state index contributed by atoms with van der Waals surface area (Å²) in [7, 11) is 0. The number of piperidine rings is 1. The molecule has 0 radical (unpaired) electrons. The summed E-state index contributed by atoms with van der Waals surface area (Å²) in [6, 6.07) is 4.15. The predicted molar refractivity (Wildman–Crippen MR) is 97.1 cm³/mol. The number of halogens is 1. The fraction of sp³-hybridized carbons (Fsp3) is 0.706. The zero-order chi connectivity index (χ0) is 16.3. The van der Waals surface area contributed by atoms with Gasteiger partial charge < -0.3 is 16.0 Å². The van der Waals surface area contributed by atoms with Crippen molar-refractivity contribution in [2.45, 2.75) is 57.0 Å². The van der Waals surface area contributed by atoms with Gasteiger partial charge in [-0.1, -0.05) is 12.8 Å². The molecule has 2 heterocycles. The molecule has 3 rings (SSSR count). The Hall–Kier alpha value is -1.40. The van der Waals surface area contributed by atoms with Crippen LogP contribution in [-0.2, 0) is 4.79 Å². The number of nitrogens with two attached hydrogens (primary N) is 1. The average Bonchev–Trinajstić information content (AvgIpc) is 2.55. The summed E-state index contributed by atoms with van der Waals surface area (Å²) in [6.07, 6.45) is 7.69. The topological polar surface area (TPSA) is 84.1 Å². The lowest BCUT2D eigenvalue weighted by Crippen LogP contribution is -2.55. The summed E-state index contributed by atoms with van der Waals surface area (Å²) in [4.78, 5) is 14.8. The number of anilines is 1. The van der Waals surface area contributed by atoms with E-state index in [4.69, 9.17) is 5.73 Å². The van der Waals surface area contributed by atoms with Crippen molar-refractivity contribution in [3.63, 3.8) is 0 Å². The van der Waals surface area contributed by atoms with Gasteiger partial charge in [0.15, 0.2) is 0 Å². The van der Waals surface area contributed by atoms with E-state index in [1.54, 1.807) is 6.20 Å². The molecule has 1 aromatic heterocycles. The molecule has 1 amide bonds. The molecule has 1 saturated carbocycles. The van der Waals surface area contributed by atoms with Gasteiger partial charge in [0.25, 0.3) is 0 Å². The number of nitrogens with zero attached hydrogens (tertiary/aromatic N) is 3. The maximum atomic E-state index is 12.8. The fourth-order valence-electron chi connectivity index (χ4n) is 3.82. The van der Waals surface area contributed by atoms with E-state index in [1.807, 2.05) is 24.0 Å². The van der Waals surface area contributed by atoms with Gasteiger partial charge in [0, 0.05) is 30.9 Å². The third kappa shape index (κ3) is 4.36. The summed E-state index contributed by atoms with van der Waals surface area (Å²) < 4.78 is 0. The Morgan fingerprint density at radius 3 is 2.71 bits per heavy atom. The molecule has 0 bridgehead atoms. The zero-order valence-electron chi connectivity index (χ0n) is 14.3. The van der Waals surface area contributed by atoms with E-state index in [0.29, 0.717) is 6.04 Å². The van der Waals surface area contributed by atoms with E-state index >= 15 is 0 Å². The fourth-order valence-corrected chi connectivity index (χ4v) is 3.82. The van der Waals surface area contributed by atoms with Crippen molar-refractivity contribution in [2.75, 3.05) is 18.4 Å². The third-order valence-electron chi connectivity index (χ3n) is 5.28. The Morgan fingerprint density at radius 1 is 1.33 bits per heavy atom. The molecular weight excluding hydrogens is 326 g/mol. The number of aromatic nitrogens is 2. The van der Waals surface area contributed by atoms with Crippen LogP contribution in [0.1, 0.15) is 45.4 Å². The van der Waals surface area contributed by atoms with Crippen LogP contribution in [0.15, 0.2) is 18.3 Å². The molecule has 24 heavy (non-hydrogen) atoms. The molecule has 1 aliphatic carbocycles. The molecule has 1 aromatic rings. The highest BCUT2D eigenvalue weighted by Crippen LogP contribution is 2.33.